The van der Waals surface area contributed by atoms with E-state index in [1.807, 2.05) is 30.3 Å². The molecule has 83 valence electrons. The highest BCUT2D eigenvalue weighted by atomic mass is 16.5. The number of hydrogen-bond donors (Lipinski definition) is 0. The molecule has 0 aliphatic heterocycles. The summed E-state index contributed by atoms with van der Waals surface area (Å²) in [6.07, 6.45) is 1.01. The van der Waals surface area contributed by atoms with Gasteiger partial charge >= 0.3 is 0 Å². The third-order valence-electron chi connectivity index (χ3n) is 2.56. The third kappa shape index (κ3) is 3.92. The largest absolute Gasteiger partial charge is 0.493 e. The standard InChI is InChI=1S/C13H19O2/c1-4-12(11(2)14-3)10-15-13-8-6-5-7-9-13/h5-9,11-12H,2,4,10H2,1,3H3. The van der Waals surface area contributed by atoms with E-state index >= 15 is 0 Å². The average molecular weight is 207 g/mol. The van der Waals surface area contributed by atoms with Crippen molar-refractivity contribution in [2.24, 2.45) is 5.92 Å². The van der Waals surface area contributed by atoms with Gasteiger partial charge in [-0.2, -0.15) is 0 Å². The topological polar surface area (TPSA) is 18.5 Å². The zero-order chi connectivity index (χ0) is 11.1. The van der Waals surface area contributed by atoms with Crippen LogP contribution in [0.4, 0.5) is 0 Å². The SMILES string of the molecule is [CH2]C(OC)C(CC)COc1ccccc1. The molecule has 2 nitrogen and oxygen atoms in total. The van der Waals surface area contributed by atoms with Crippen LogP contribution in [0, 0.1) is 12.8 Å². The first-order valence-corrected chi connectivity index (χ1v) is 5.31. The first kappa shape index (κ1) is 12.1. The van der Waals surface area contributed by atoms with E-state index in [2.05, 4.69) is 13.8 Å². The van der Waals surface area contributed by atoms with Crippen LogP contribution in [0.1, 0.15) is 13.3 Å². The van der Waals surface area contributed by atoms with Gasteiger partial charge in [0.25, 0.3) is 0 Å². The summed E-state index contributed by atoms with van der Waals surface area (Å²) in [6, 6.07) is 9.82. The van der Waals surface area contributed by atoms with Crippen LogP contribution in [0.5, 0.6) is 5.75 Å². The Labute approximate surface area is 92.2 Å². The lowest BCUT2D eigenvalue weighted by Gasteiger charge is -2.21. The molecule has 0 aliphatic rings. The predicted octanol–water partition coefficient (Wildman–Crippen LogP) is 2.94. The normalized spacial score (nSPS) is 14.6. The van der Waals surface area contributed by atoms with Crippen molar-refractivity contribution >= 4 is 0 Å². The summed E-state index contributed by atoms with van der Waals surface area (Å²) >= 11 is 0. The Bertz CT molecular complexity index is 258. The molecule has 1 radical (unpaired) electrons. The van der Waals surface area contributed by atoms with Gasteiger partial charge in [0, 0.05) is 13.0 Å². The zero-order valence-electron chi connectivity index (χ0n) is 9.48. The zero-order valence-corrected chi connectivity index (χ0v) is 9.48. The van der Waals surface area contributed by atoms with Gasteiger partial charge in [-0.1, -0.05) is 25.1 Å². The summed E-state index contributed by atoms with van der Waals surface area (Å²) in [5, 5.41) is 0. The first-order valence-electron chi connectivity index (χ1n) is 5.31. The Morgan fingerprint density at radius 3 is 2.47 bits per heavy atom. The van der Waals surface area contributed by atoms with Crippen LogP contribution in [-0.2, 0) is 4.74 Å². The van der Waals surface area contributed by atoms with E-state index in [-0.39, 0.29) is 6.10 Å². The van der Waals surface area contributed by atoms with E-state index in [0.29, 0.717) is 12.5 Å². The lowest BCUT2D eigenvalue weighted by molar-refractivity contribution is 0.0605. The molecule has 15 heavy (non-hydrogen) atoms. The number of methoxy groups -OCH3 is 1. The molecule has 0 aliphatic carbocycles. The predicted molar refractivity (Wildman–Crippen MR) is 61.9 cm³/mol. The highest BCUT2D eigenvalue weighted by Gasteiger charge is 2.15. The lowest BCUT2D eigenvalue weighted by atomic mass is 10.0. The van der Waals surface area contributed by atoms with Crippen LogP contribution < -0.4 is 4.74 Å². The van der Waals surface area contributed by atoms with Crippen molar-refractivity contribution in [2.75, 3.05) is 13.7 Å². The number of hydrogen-bond acceptors (Lipinski definition) is 2. The minimum Gasteiger partial charge on any atom is -0.493 e. The van der Waals surface area contributed by atoms with Gasteiger partial charge in [0.15, 0.2) is 0 Å². The molecular formula is C13H19O2. The molecule has 0 amide bonds. The van der Waals surface area contributed by atoms with Crippen molar-refractivity contribution < 1.29 is 9.47 Å². The Morgan fingerprint density at radius 2 is 1.93 bits per heavy atom. The lowest BCUT2D eigenvalue weighted by Crippen LogP contribution is -2.25. The second-order valence-electron chi connectivity index (χ2n) is 3.57. The van der Waals surface area contributed by atoms with E-state index < -0.39 is 0 Å². The molecule has 1 aromatic rings. The summed E-state index contributed by atoms with van der Waals surface area (Å²) in [5.74, 6) is 1.24. The van der Waals surface area contributed by atoms with Crippen LogP contribution in [0.25, 0.3) is 0 Å². The van der Waals surface area contributed by atoms with Crippen LogP contribution in [0.3, 0.4) is 0 Å². The van der Waals surface area contributed by atoms with E-state index in [9.17, 15) is 0 Å². The molecule has 0 fully saturated rings. The van der Waals surface area contributed by atoms with Crippen LogP contribution in [-0.4, -0.2) is 19.8 Å². The highest BCUT2D eigenvalue weighted by Crippen LogP contribution is 2.15. The van der Waals surface area contributed by atoms with Crippen LogP contribution in [0.15, 0.2) is 30.3 Å². The Morgan fingerprint density at radius 1 is 1.27 bits per heavy atom. The van der Waals surface area contributed by atoms with Crippen LogP contribution in [0.2, 0.25) is 0 Å². The van der Waals surface area contributed by atoms with E-state index in [1.54, 1.807) is 7.11 Å². The molecule has 0 N–H and O–H groups in total. The maximum Gasteiger partial charge on any atom is 0.119 e. The minimum absolute atomic E-state index is 0.00119. The maximum absolute atomic E-state index is 5.66. The van der Waals surface area contributed by atoms with Gasteiger partial charge in [-0.25, -0.2) is 0 Å². The van der Waals surface area contributed by atoms with E-state index in [1.165, 1.54) is 0 Å². The molecule has 2 unspecified atom stereocenters. The molecule has 0 bridgehead atoms. The molecule has 0 aromatic heterocycles. The van der Waals surface area contributed by atoms with Crippen molar-refractivity contribution in [3.05, 3.63) is 37.3 Å². The summed E-state index contributed by atoms with van der Waals surface area (Å²) in [6.45, 7) is 6.71. The molecule has 0 spiro atoms. The van der Waals surface area contributed by atoms with E-state index in [4.69, 9.17) is 9.47 Å². The van der Waals surface area contributed by atoms with Gasteiger partial charge in [0.2, 0.25) is 0 Å². The van der Waals surface area contributed by atoms with Crippen molar-refractivity contribution in [3.63, 3.8) is 0 Å². The summed E-state index contributed by atoms with van der Waals surface area (Å²) < 4.78 is 10.9. The molecule has 0 heterocycles. The van der Waals surface area contributed by atoms with Crippen molar-refractivity contribution in [3.8, 4) is 5.75 Å². The minimum atomic E-state index is -0.00119. The molecule has 2 atom stereocenters. The van der Waals surface area contributed by atoms with Gasteiger partial charge < -0.3 is 9.47 Å². The van der Waals surface area contributed by atoms with Crippen LogP contribution >= 0.6 is 0 Å². The van der Waals surface area contributed by atoms with Gasteiger partial charge in [-0.15, -0.1) is 0 Å². The Kier molecular flexibility index (Phi) is 5.19. The van der Waals surface area contributed by atoms with Gasteiger partial charge in [0.1, 0.15) is 5.75 Å². The second kappa shape index (κ2) is 6.46. The van der Waals surface area contributed by atoms with Gasteiger partial charge in [0.05, 0.1) is 12.7 Å². The molecular weight excluding hydrogens is 188 g/mol. The summed E-state index contributed by atoms with van der Waals surface area (Å²) in [5.41, 5.74) is 0. The van der Waals surface area contributed by atoms with E-state index in [0.717, 1.165) is 12.2 Å². The average Bonchev–Trinajstić information content (AvgIpc) is 2.31. The smallest absolute Gasteiger partial charge is 0.119 e. The molecule has 0 saturated carbocycles. The highest BCUT2D eigenvalue weighted by molar-refractivity contribution is 5.20. The Hall–Kier alpha value is -1.02. The number of rotatable bonds is 6. The molecule has 2 heteroatoms. The number of benzene rings is 1. The molecule has 1 rings (SSSR count). The van der Waals surface area contributed by atoms with Gasteiger partial charge in [-0.3, -0.25) is 0 Å². The fraction of sp³-hybridized carbons (Fsp3) is 0.462. The summed E-state index contributed by atoms with van der Waals surface area (Å²) in [7, 11) is 1.68. The van der Waals surface area contributed by atoms with Crippen molar-refractivity contribution in [2.45, 2.75) is 19.4 Å². The summed E-state index contributed by atoms with van der Waals surface area (Å²) in [4.78, 5) is 0. The quantitative estimate of drug-likeness (QED) is 0.714. The molecule has 1 aromatic carbocycles. The first-order chi connectivity index (χ1) is 7.27. The second-order valence-corrected chi connectivity index (χ2v) is 3.57. The Balaban J connectivity index is 2.41. The number of para-hydroxylation sites is 1. The fourth-order valence-electron chi connectivity index (χ4n) is 1.40. The van der Waals surface area contributed by atoms with Crippen molar-refractivity contribution in [1.82, 2.24) is 0 Å². The maximum atomic E-state index is 5.66. The monoisotopic (exact) mass is 207 g/mol. The molecule has 0 saturated heterocycles. The third-order valence-corrected chi connectivity index (χ3v) is 2.56. The number of ether oxygens (including phenoxy) is 2. The van der Waals surface area contributed by atoms with Gasteiger partial charge in [-0.05, 0) is 25.5 Å². The van der Waals surface area contributed by atoms with Crippen molar-refractivity contribution in [1.29, 1.82) is 0 Å². The fourth-order valence-corrected chi connectivity index (χ4v) is 1.40.